The van der Waals surface area contributed by atoms with Gasteiger partial charge in [0, 0.05) is 17.9 Å². The maximum Gasteiger partial charge on any atom is 0.241 e. The van der Waals surface area contributed by atoms with E-state index < -0.39 is 5.79 Å². The molecular weight excluding hydrogens is 184 g/mol. The number of allylic oxidation sites excluding steroid dienone is 2. The van der Waals surface area contributed by atoms with E-state index in [2.05, 4.69) is 0 Å². The molecule has 0 spiro atoms. The highest BCUT2D eigenvalue weighted by Crippen LogP contribution is 2.48. The van der Waals surface area contributed by atoms with Gasteiger partial charge >= 0.3 is 0 Å². The maximum absolute atomic E-state index is 9.85. The predicted octanol–water partition coefficient (Wildman–Crippen LogP) is 1.74. The van der Waals surface area contributed by atoms with E-state index in [9.17, 15) is 15.3 Å². The van der Waals surface area contributed by atoms with Gasteiger partial charge in [-0.25, -0.2) is 0 Å². The highest BCUT2D eigenvalue weighted by atomic mass is 16.6. The molecule has 0 amide bonds. The molecule has 14 heavy (non-hydrogen) atoms. The molecule has 0 bridgehead atoms. The van der Waals surface area contributed by atoms with E-state index in [-0.39, 0.29) is 30.3 Å². The molecule has 1 aliphatic carbocycles. The van der Waals surface area contributed by atoms with Crippen LogP contribution in [-0.2, 0) is 4.74 Å². The number of aliphatic hydroxyl groups is 3. The minimum atomic E-state index is -1.37. The van der Waals surface area contributed by atoms with Crippen LogP contribution < -0.4 is 0 Å². The SMILES string of the molecule is CC(C)C1=C2CC(O)=C(O)CC2(O)O1. The molecule has 78 valence electrons. The Balaban J connectivity index is 2.35. The molecule has 0 radical (unpaired) electrons. The van der Waals surface area contributed by atoms with E-state index in [1.165, 1.54) is 0 Å². The van der Waals surface area contributed by atoms with Crippen LogP contribution in [0.15, 0.2) is 22.9 Å². The molecule has 4 nitrogen and oxygen atoms in total. The Labute approximate surface area is 82.1 Å². The summed E-state index contributed by atoms with van der Waals surface area (Å²) in [5, 5.41) is 28.5. The van der Waals surface area contributed by atoms with Gasteiger partial charge < -0.3 is 20.1 Å². The van der Waals surface area contributed by atoms with Crippen LogP contribution >= 0.6 is 0 Å². The Morgan fingerprint density at radius 3 is 2.50 bits per heavy atom. The third-order valence-corrected chi connectivity index (χ3v) is 2.66. The first-order chi connectivity index (χ1) is 6.44. The molecule has 0 aromatic carbocycles. The van der Waals surface area contributed by atoms with Crippen LogP contribution in [0.1, 0.15) is 26.7 Å². The molecule has 0 fully saturated rings. The van der Waals surface area contributed by atoms with Crippen molar-refractivity contribution < 1.29 is 20.1 Å². The molecule has 1 aliphatic heterocycles. The van der Waals surface area contributed by atoms with Crippen molar-refractivity contribution in [1.29, 1.82) is 0 Å². The van der Waals surface area contributed by atoms with Gasteiger partial charge in [-0.15, -0.1) is 0 Å². The minimum Gasteiger partial charge on any atom is -0.509 e. The highest BCUT2D eigenvalue weighted by Gasteiger charge is 2.50. The molecule has 3 N–H and O–H groups in total. The van der Waals surface area contributed by atoms with Crippen LogP contribution in [0.25, 0.3) is 0 Å². The summed E-state index contributed by atoms with van der Waals surface area (Å²) in [5.74, 6) is -0.689. The van der Waals surface area contributed by atoms with E-state index >= 15 is 0 Å². The van der Waals surface area contributed by atoms with Crippen LogP contribution in [0.4, 0.5) is 0 Å². The average Bonchev–Trinajstić information content (AvgIpc) is 2.07. The second kappa shape index (κ2) is 2.67. The van der Waals surface area contributed by atoms with Crippen molar-refractivity contribution in [2.45, 2.75) is 32.5 Å². The summed E-state index contributed by atoms with van der Waals surface area (Å²) in [6.45, 7) is 3.91. The van der Waals surface area contributed by atoms with Crippen molar-refractivity contribution in [3.8, 4) is 0 Å². The van der Waals surface area contributed by atoms with Crippen molar-refractivity contribution in [2.24, 2.45) is 5.92 Å². The molecule has 2 aliphatic rings. The largest absolute Gasteiger partial charge is 0.509 e. The van der Waals surface area contributed by atoms with Crippen molar-refractivity contribution in [1.82, 2.24) is 0 Å². The van der Waals surface area contributed by atoms with Gasteiger partial charge in [0.05, 0.1) is 6.42 Å². The minimum absolute atomic E-state index is 0.0512. The predicted molar refractivity (Wildman–Crippen MR) is 49.4 cm³/mol. The maximum atomic E-state index is 9.85. The van der Waals surface area contributed by atoms with Gasteiger partial charge in [-0.1, -0.05) is 13.8 Å². The molecule has 1 heterocycles. The molecule has 0 saturated carbocycles. The number of rotatable bonds is 1. The van der Waals surface area contributed by atoms with Gasteiger partial charge in [-0.05, 0) is 0 Å². The van der Waals surface area contributed by atoms with Gasteiger partial charge in [0.2, 0.25) is 5.79 Å². The Morgan fingerprint density at radius 1 is 1.29 bits per heavy atom. The molecule has 1 unspecified atom stereocenters. The van der Waals surface area contributed by atoms with Crippen LogP contribution in [0.5, 0.6) is 0 Å². The normalized spacial score (nSPS) is 31.4. The quantitative estimate of drug-likeness (QED) is 0.600. The average molecular weight is 198 g/mol. The molecular formula is C10H14O4. The number of ether oxygens (including phenoxy) is 1. The number of aliphatic hydroxyl groups excluding tert-OH is 2. The molecule has 0 aromatic rings. The Bertz CT molecular complexity index is 340. The fourth-order valence-electron chi connectivity index (χ4n) is 1.88. The zero-order valence-corrected chi connectivity index (χ0v) is 8.24. The van der Waals surface area contributed by atoms with Crippen LogP contribution in [0.2, 0.25) is 0 Å². The van der Waals surface area contributed by atoms with E-state index in [4.69, 9.17) is 4.74 Å². The van der Waals surface area contributed by atoms with Crippen molar-refractivity contribution >= 4 is 0 Å². The van der Waals surface area contributed by atoms with Crippen molar-refractivity contribution in [3.63, 3.8) is 0 Å². The number of fused-ring (bicyclic) bond motifs is 1. The van der Waals surface area contributed by atoms with Crippen LogP contribution in [0, 0.1) is 5.92 Å². The van der Waals surface area contributed by atoms with Gasteiger partial charge in [0.25, 0.3) is 0 Å². The van der Waals surface area contributed by atoms with Gasteiger partial charge in [0.15, 0.2) is 0 Å². The molecule has 2 rings (SSSR count). The Morgan fingerprint density at radius 2 is 1.93 bits per heavy atom. The zero-order chi connectivity index (χ0) is 10.5. The topological polar surface area (TPSA) is 69.9 Å². The Kier molecular flexibility index (Phi) is 1.79. The third-order valence-electron chi connectivity index (χ3n) is 2.66. The van der Waals surface area contributed by atoms with E-state index in [0.29, 0.717) is 5.57 Å². The van der Waals surface area contributed by atoms with Crippen molar-refractivity contribution in [3.05, 3.63) is 22.9 Å². The summed E-state index contributed by atoms with van der Waals surface area (Å²) >= 11 is 0. The lowest BCUT2D eigenvalue weighted by molar-refractivity contribution is -0.202. The smallest absolute Gasteiger partial charge is 0.241 e. The highest BCUT2D eigenvalue weighted by molar-refractivity contribution is 5.36. The third kappa shape index (κ3) is 1.10. The summed E-state index contributed by atoms with van der Waals surface area (Å²) in [4.78, 5) is 0. The van der Waals surface area contributed by atoms with Gasteiger partial charge in [-0.3, -0.25) is 0 Å². The molecule has 1 atom stereocenters. The first-order valence-electron chi connectivity index (χ1n) is 4.69. The first kappa shape index (κ1) is 9.40. The lowest BCUT2D eigenvalue weighted by Crippen LogP contribution is -2.47. The summed E-state index contributed by atoms with van der Waals surface area (Å²) < 4.78 is 5.24. The van der Waals surface area contributed by atoms with E-state index in [1.807, 2.05) is 13.8 Å². The van der Waals surface area contributed by atoms with Crippen LogP contribution in [0.3, 0.4) is 0 Å². The molecule has 4 heteroatoms. The zero-order valence-electron chi connectivity index (χ0n) is 8.24. The second-order valence-corrected chi connectivity index (χ2v) is 4.13. The number of hydrogen-bond acceptors (Lipinski definition) is 4. The fourth-order valence-corrected chi connectivity index (χ4v) is 1.88. The van der Waals surface area contributed by atoms with Crippen molar-refractivity contribution in [2.75, 3.05) is 0 Å². The second-order valence-electron chi connectivity index (χ2n) is 4.13. The summed E-state index contributed by atoms with van der Waals surface area (Å²) in [6.07, 6.45) is 0.139. The number of hydrogen-bond donors (Lipinski definition) is 3. The lowest BCUT2D eigenvalue weighted by Gasteiger charge is -2.45. The molecule has 0 aromatic heterocycles. The fraction of sp³-hybridized carbons (Fsp3) is 0.600. The first-order valence-corrected chi connectivity index (χ1v) is 4.69. The van der Waals surface area contributed by atoms with Gasteiger partial charge in [0.1, 0.15) is 17.3 Å². The van der Waals surface area contributed by atoms with E-state index in [1.54, 1.807) is 0 Å². The van der Waals surface area contributed by atoms with Gasteiger partial charge in [-0.2, -0.15) is 0 Å². The summed E-state index contributed by atoms with van der Waals surface area (Å²) in [6, 6.07) is 0. The monoisotopic (exact) mass is 198 g/mol. The summed E-state index contributed by atoms with van der Waals surface area (Å²) in [5.41, 5.74) is 0.697. The summed E-state index contributed by atoms with van der Waals surface area (Å²) in [7, 11) is 0. The van der Waals surface area contributed by atoms with E-state index in [0.717, 1.165) is 5.76 Å². The van der Waals surface area contributed by atoms with Crippen LogP contribution in [-0.4, -0.2) is 21.1 Å². The lowest BCUT2D eigenvalue weighted by atomic mass is 9.83. The standard InChI is InChI=1S/C10H14O4/c1-5(2)9-6-3-7(11)8(12)4-10(6,13)14-9/h5,11-13H,3-4H2,1-2H3. The molecule has 0 saturated heterocycles. The Hall–Kier alpha value is -1.16.